The lowest BCUT2D eigenvalue weighted by atomic mass is 9.72. The van der Waals surface area contributed by atoms with Crippen molar-refractivity contribution in [2.45, 2.75) is 50.1 Å². The van der Waals surface area contributed by atoms with E-state index in [1.54, 1.807) is 0 Å². The van der Waals surface area contributed by atoms with Crippen molar-refractivity contribution in [1.29, 1.82) is 0 Å². The summed E-state index contributed by atoms with van der Waals surface area (Å²) in [6.45, 7) is 0. The van der Waals surface area contributed by atoms with Gasteiger partial charge >= 0.3 is 5.97 Å². The number of nitrogens with zero attached hydrogens (tertiary/aromatic N) is 2. The third kappa shape index (κ3) is 4.02. The first-order valence-corrected chi connectivity index (χ1v) is 12.9. The van der Waals surface area contributed by atoms with Crippen LogP contribution in [0.4, 0.5) is 11.4 Å². The van der Waals surface area contributed by atoms with E-state index in [0.29, 0.717) is 5.56 Å². The first-order valence-electron chi connectivity index (χ1n) is 12.1. The quantitative estimate of drug-likeness (QED) is 0.302. The summed E-state index contributed by atoms with van der Waals surface area (Å²) in [6.07, 6.45) is 5.14. The molecule has 36 heavy (non-hydrogen) atoms. The van der Waals surface area contributed by atoms with E-state index in [2.05, 4.69) is 21.2 Å². The number of fused-ring (bicyclic) bond motifs is 1. The predicted molar refractivity (Wildman–Crippen MR) is 134 cm³/mol. The number of benzene rings is 2. The number of imide groups is 1. The zero-order valence-electron chi connectivity index (χ0n) is 19.4. The summed E-state index contributed by atoms with van der Waals surface area (Å²) >= 11 is 3.40. The number of carboxylic acid groups (broad SMARTS) is 1. The number of nitro benzene ring substituents is 1. The molecule has 3 aliphatic rings. The van der Waals surface area contributed by atoms with Crippen molar-refractivity contribution in [1.82, 2.24) is 5.32 Å². The zero-order chi connectivity index (χ0) is 25.6. The van der Waals surface area contributed by atoms with Crippen molar-refractivity contribution < 1.29 is 24.4 Å². The topological polar surface area (TPSA) is 130 Å². The molecule has 2 aliphatic heterocycles. The Hall–Kier alpha value is -3.11. The van der Waals surface area contributed by atoms with Crippen LogP contribution in [0.3, 0.4) is 0 Å². The van der Waals surface area contributed by atoms with Crippen molar-refractivity contribution in [2.24, 2.45) is 17.8 Å². The van der Waals surface area contributed by atoms with Crippen LogP contribution in [-0.2, 0) is 14.4 Å². The van der Waals surface area contributed by atoms with Crippen molar-refractivity contribution in [3.8, 4) is 0 Å². The lowest BCUT2D eigenvalue weighted by Gasteiger charge is -2.35. The number of nitrogens with one attached hydrogen (secondary N) is 1. The third-order valence-corrected chi connectivity index (χ3v) is 8.43. The van der Waals surface area contributed by atoms with Gasteiger partial charge in [-0.2, -0.15) is 0 Å². The first-order chi connectivity index (χ1) is 17.2. The van der Waals surface area contributed by atoms with Gasteiger partial charge in [-0.3, -0.25) is 29.8 Å². The molecule has 10 heteroatoms. The number of rotatable bonds is 6. The van der Waals surface area contributed by atoms with Gasteiger partial charge in [0.05, 0.1) is 22.4 Å². The van der Waals surface area contributed by atoms with Crippen LogP contribution in [0.1, 0.15) is 50.1 Å². The lowest BCUT2D eigenvalue weighted by Crippen LogP contribution is -2.57. The van der Waals surface area contributed by atoms with Gasteiger partial charge in [-0.15, -0.1) is 0 Å². The van der Waals surface area contributed by atoms with Gasteiger partial charge in [-0.25, -0.2) is 4.90 Å². The van der Waals surface area contributed by atoms with Crippen LogP contribution in [0.15, 0.2) is 53.0 Å². The Balaban J connectivity index is 1.61. The van der Waals surface area contributed by atoms with Gasteiger partial charge < -0.3 is 5.11 Å². The molecule has 5 rings (SSSR count). The van der Waals surface area contributed by atoms with Gasteiger partial charge in [0.15, 0.2) is 0 Å². The Morgan fingerprint density at radius 3 is 2.44 bits per heavy atom. The molecule has 4 unspecified atom stereocenters. The van der Waals surface area contributed by atoms with Crippen LogP contribution in [0.2, 0.25) is 0 Å². The molecule has 0 bridgehead atoms. The number of non-ortho nitro benzene ring substituents is 1. The molecule has 2 saturated heterocycles. The van der Waals surface area contributed by atoms with E-state index in [0.717, 1.165) is 41.5 Å². The van der Waals surface area contributed by atoms with Gasteiger partial charge in [0.1, 0.15) is 5.54 Å². The maximum Gasteiger partial charge on any atom is 0.324 e. The maximum absolute atomic E-state index is 13.9. The average molecular weight is 556 g/mol. The van der Waals surface area contributed by atoms with Crippen molar-refractivity contribution in [2.75, 3.05) is 4.90 Å². The molecular weight excluding hydrogens is 530 g/mol. The summed E-state index contributed by atoms with van der Waals surface area (Å²) in [7, 11) is 0. The molecule has 2 N–H and O–H groups in total. The van der Waals surface area contributed by atoms with E-state index in [-0.39, 0.29) is 23.7 Å². The van der Waals surface area contributed by atoms with Crippen molar-refractivity contribution in [3.05, 3.63) is 68.7 Å². The second kappa shape index (κ2) is 9.40. The number of carbonyl (C=O) groups excluding carboxylic acids is 2. The Kier molecular flexibility index (Phi) is 6.42. The largest absolute Gasteiger partial charge is 0.480 e. The summed E-state index contributed by atoms with van der Waals surface area (Å²) in [5.74, 6) is -4.27. The minimum Gasteiger partial charge on any atom is -0.480 e. The number of amides is 2. The number of hydrogen-bond acceptors (Lipinski definition) is 6. The third-order valence-electron chi connectivity index (χ3n) is 7.90. The van der Waals surface area contributed by atoms with E-state index < -0.39 is 46.1 Å². The second-order valence-corrected chi connectivity index (χ2v) is 10.9. The molecule has 1 saturated carbocycles. The number of hydrogen-bond donors (Lipinski definition) is 2. The molecule has 9 nitrogen and oxygen atoms in total. The Morgan fingerprint density at radius 1 is 1.11 bits per heavy atom. The molecule has 2 aromatic rings. The monoisotopic (exact) mass is 555 g/mol. The highest BCUT2D eigenvalue weighted by Gasteiger charge is 2.68. The molecule has 2 aromatic carbocycles. The minimum absolute atomic E-state index is 0.0834. The molecule has 4 atom stereocenters. The molecule has 2 heterocycles. The van der Waals surface area contributed by atoms with E-state index in [4.69, 9.17) is 0 Å². The molecular formula is C26H26BrN3O6. The highest BCUT2D eigenvalue weighted by molar-refractivity contribution is 9.10. The van der Waals surface area contributed by atoms with Gasteiger partial charge in [-0.05, 0) is 36.1 Å². The van der Waals surface area contributed by atoms with Crippen LogP contribution >= 0.6 is 15.9 Å². The summed E-state index contributed by atoms with van der Waals surface area (Å²) < 4.78 is 0.833. The Bertz CT molecular complexity index is 1230. The number of carbonyl (C=O) groups is 3. The number of anilines is 1. The Morgan fingerprint density at radius 2 is 1.81 bits per heavy atom. The molecule has 188 valence electrons. The van der Waals surface area contributed by atoms with Crippen LogP contribution in [0.25, 0.3) is 0 Å². The number of halogens is 1. The standard InChI is InChI=1S/C26H26BrN3O6/c27-17-11-9-16(10-12-17)22-20-21(26(28-22,25(33)34)14-15-5-2-1-3-6-15)24(32)29(23(20)31)18-7-4-8-19(13-18)30(35)36/h4,7-13,15,20-22,28H,1-3,5-6,14H2,(H,33,34). The fraction of sp³-hybridized carbons (Fsp3) is 0.423. The van der Waals surface area contributed by atoms with E-state index in [1.807, 2.05) is 24.3 Å². The smallest absolute Gasteiger partial charge is 0.324 e. The minimum atomic E-state index is -1.62. The summed E-state index contributed by atoms with van der Waals surface area (Å²) in [4.78, 5) is 52.4. The zero-order valence-corrected chi connectivity index (χ0v) is 21.0. The van der Waals surface area contributed by atoms with E-state index >= 15 is 0 Å². The Labute approximate surface area is 216 Å². The molecule has 0 aromatic heterocycles. The highest BCUT2D eigenvalue weighted by Crippen LogP contribution is 2.52. The predicted octanol–water partition coefficient (Wildman–Crippen LogP) is 4.60. The van der Waals surface area contributed by atoms with Gasteiger partial charge in [-0.1, -0.05) is 66.2 Å². The molecule has 0 radical (unpaired) electrons. The maximum atomic E-state index is 13.9. The first kappa shape index (κ1) is 24.6. The van der Waals surface area contributed by atoms with Crippen molar-refractivity contribution in [3.63, 3.8) is 0 Å². The number of carboxylic acids is 1. The lowest BCUT2D eigenvalue weighted by molar-refractivity contribution is -0.384. The number of aliphatic carboxylic acids is 1. The van der Waals surface area contributed by atoms with Crippen LogP contribution in [0.5, 0.6) is 0 Å². The molecule has 2 amide bonds. The summed E-state index contributed by atoms with van der Waals surface area (Å²) in [6, 6.07) is 11.9. The molecule has 1 aliphatic carbocycles. The number of nitro groups is 1. The highest BCUT2D eigenvalue weighted by atomic mass is 79.9. The average Bonchev–Trinajstić information content (AvgIpc) is 3.34. The van der Waals surface area contributed by atoms with Crippen molar-refractivity contribution >= 4 is 45.1 Å². The second-order valence-electron chi connectivity index (χ2n) is 9.95. The molecule has 3 fully saturated rings. The molecule has 0 spiro atoms. The fourth-order valence-corrected chi connectivity index (χ4v) is 6.54. The van der Waals surface area contributed by atoms with Gasteiger partial charge in [0, 0.05) is 22.6 Å². The normalized spacial score (nSPS) is 28.4. The van der Waals surface area contributed by atoms with Gasteiger partial charge in [0.2, 0.25) is 11.8 Å². The summed E-state index contributed by atoms with van der Waals surface area (Å²) in [5, 5.41) is 25.2. The fourth-order valence-electron chi connectivity index (χ4n) is 6.28. The summed E-state index contributed by atoms with van der Waals surface area (Å²) in [5.41, 5.74) is -1.08. The van der Waals surface area contributed by atoms with E-state index in [9.17, 15) is 29.6 Å². The van der Waals surface area contributed by atoms with Crippen LogP contribution in [-0.4, -0.2) is 33.4 Å². The van der Waals surface area contributed by atoms with E-state index in [1.165, 1.54) is 24.3 Å². The van der Waals surface area contributed by atoms with Gasteiger partial charge in [0.25, 0.3) is 5.69 Å². The SMILES string of the molecule is O=C1C2C(c3ccc(Br)cc3)NC(CC3CCCCC3)(C(=O)O)C2C(=O)N1c1cccc([N+](=O)[O-])c1. The van der Waals surface area contributed by atoms with Crippen LogP contribution < -0.4 is 10.2 Å². The van der Waals surface area contributed by atoms with Crippen LogP contribution in [0, 0.1) is 27.9 Å².